The lowest BCUT2D eigenvalue weighted by Gasteiger charge is -2.31. The summed E-state index contributed by atoms with van der Waals surface area (Å²) in [6.07, 6.45) is 2.28. The number of nitrogens with zero attached hydrogens (tertiary/aromatic N) is 2. The minimum absolute atomic E-state index is 0.0127. The molecule has 0 aliphatic carbocycles. The monoisotopic (exact) mass is 429 g/mol. The van der Waals surface area contributed by atoms with Crippen molar-refractivity contribution >= 4 is 27.6 Å². The molecule has 1 aliphatic rings. The lowest BCUT2D eigenvalue weighted by atomic mass is 10.1. The van der Waals surface area contributed by atoms with E-state index in [-0.39, 0.29) is 18.0 Å². The highest BCUT2D eigenvalue weighted by Gasteiger charge is 2.24. The van der Waals surface area contributed by atoms with E-state index in [0.29, 0.717) is 24.8 Å². The van der Waals surface area contributed by atoms with Gasteiger partial charge >= 0.3 is 6.03 Å². The number of piperidine rings is 1. The van der Waals surface area contributed by atoms with E-state index in [1.807, 2.05) is 29.2 Å². The maximum Gasteiger partial charge on any atom is 0.317 e. The summed E-state index contributed by atoms with van der Waals surface area (Å²) in [6.45, 7) is 1.86. The first-order valence-electron chi connectivity index (χ1n) is 9.99. The van der Waals surface area contributed by atoms with Crippen LogP contribution in [-0.2, 0) is 6.42 Å². The topological polar surface area (TPSA) is 63.7 Å². The van der Waals surface area contributed by atoms with E-state index in [1.54, 1.807) is 13.2 Å². The molecule has 3 aromatic rings. The van der Waals surface area contributed by atoms with Gasteiger partial charge in [0.1, 0.15) is 17.7 Å². The molecule has 4 rings (SSSR count). The molecule has 0 bridgehead atoms. The number of benzene rings is 2. The van der Waals surface area contributed by atoms with Gasteiger partial charge in [-0.3, -0.25) is 0 Å². The molecule has 30 heavy (non-hydrogen) atoms. The van der Waals surface area contributed by atoms with Crippen LogP contribution in [-0.4, -0.2) is 48.8 Å². The molecule has 1 fully saturated rings. The number of hydrogen-bond acceptors (Lipinski definition) is 5. The smallest absolute Gasteiger partial charge is 0.317 e. The van der Waals surface area contributed by atoms with E-state index in [9.17, 15) is 9.18 Å². The summed E-state index contributed by atoms with van der Waals surface area (Å²) in [7, 11) is 1.64. The van der Waals surface area contributed by atoms with Gasteiger partial charge in [-0.15, -0.1) is 0 Å². The molecule has 0 unspecified atom stereocenters. The molecule has 8 heteroatoms. The fourth-order valence-corrected chi connectivity index (χ4v) is 4.37. The summed E-state index contributed by atoms with van der Waals surface area (Å²) in [5, 5.41) is 3.54. The highest BCUT2D eigenvalue weighted by atomic mass is 32.1. The second-order valence-electron chi connectivity index (χ2n) is 7.23. The minimum atomic E-state index is -0.274. The third-order valence-corrected chi connectivity index (χ3v) is 6.09. The van der Waals surface area contributed by atoms with Gasteiger partial charge in [-0.2, -0.15) is 0 Å². The Hall–Kier alpha value is -2.87. The summed E-state index contributed by atoms with van der Waals surface area (Å²) in [5.41, 5.74) is 1.89. The average molecular weight is 430 g/mol. The summed E-state index contributed by atoms with van der Waals surface area (Å²) < 4.78 is 25.2. The van der Waals surface area contributed by atoms with Crippen LogP contribution in [0.1, 0.15) is 18.4 Å². The number of rotatable bonds is 6. The van der Waals surface area contributed by atoms with Crippen LogP contribution < -0.4 is 14.8 Å². The van der Waals surface area contributed by atoms with Gasteiger partial charge in [-0.25, -0.2) is 14.2 Å². The van der Waals surface area contributed by atoms with E-state index in [2.05, 4.69) is 10.3 Å². The van der Waals surface area contributed by atoms with Crippen molar-refractivity contribution in [3.05, 3.63) is 53.8 Å². The van der Waals surface area contributed by atoms with E-state index < -0.39 is 0 Å². The Balaban J connectivity index is 1.20. The molecule has 1 N–H and O–H groups in total. The Labute approximate surface area is 178 Å². The van der Waals surface area contributed by atoms with Crippen molar-refractivity contribution in [2.75, 3.05) is 26.7 Å². The van der Waals surface area contributed by atoms with Crippen molar-refractivity contribution in [2.45, 2.75) is 25.4 Å². The van der Waals surface area contributed by atoms with Crippen molar-refractivity contribution in [3.8, 4) is 10.9 Å². The SMILES string of the molecule is COc1ccc(CCNC(=O)N2CCC(Oc3nc4ccc(F)cc4s3)CC2)cc1. The number of fused-ring (bicyclic) bond motifs is 1. The number of urea groups is 1. The first-order valence-corrected chi connectivity index (χ1v) is 10.8. The molecule has 6 nitrogen and oxygen atoms in total. The molecule has 2 aromatic carbocycles. The van der Waals surface area contributed by atoms with Gasteiger partial charge in [-0.05, 0) is 42.3 Å². The molecule has 0 radical (unpaired) electrons. The largest absolute Gasteiger partial charge is 0.497 e. The van der Waals surface area contributed by atoms with E-state index in [1.165, 1.54) is 23.5 Å². The molecule has 0 saturated carbocycles. The van der Waals surface area contributed by atoms with Crippen LogP contribution in [0, 0.1) is 5.82 Å². The zero-order chi connectivity index (χ0) is 20.9. The van der Waals surface area contributed by atoms with Crippen LogP contribution >= 0.6 is 11.3 Å². The molecule has 2 heterocycles. The summed E-state index contributed by atoms with van der Waals surface area (Å²) >= 11 is 1.35. The summed E-state index contributed by atoms with van der Waals surface area (Å²) in [6, 6.07) is 12.3. The maximum atomic E-state index is 13.3. The van der Waals surface area contributed by atoms with Gasteiger partial charge in [0.05, 0.1) is 17.3 Å². The van der Waals surface area contributed by atoms with Crippen molar-refractivity contribution in [3.63, 3.8) is 0 Å². The highest BCUT2D eigenvalue weighted by molar-refractivity contribution is 7.20. The van der Waals surface area contributed by atoms with Gasteiger partial charge in [0, 0.05) is 32.5 Å². The van der Waals surface area contributed by atoms with Gasteiger partial charge in [0.25, 0.3) is 5.19 Å². The lowest BCUT2D eigenvalue weighted by Crippen LogP contribution is -2.46. The molecule has 1 saturated heterocycles. The number of carbonyl (C=O) groups is 1. The zero-order valence-electron chi connectivity index (χ0n) is 16.8. The van der Waals surface area contributed by atoms with Crippen molar-refractivity contribution in [1.82, 2.24) is 15.2 Å². The van der Waals surface area contributed by atoms with E-state index >= 15 is 0 Å². The van der Waals surface area contributed by atoms with Gasteiger partial charge in [0.15, 0.2) is 0 Å². The molecule has 1 aromatic heterocycles. The number of methoxy groups -OCH3 is 1. The van der Waals surface area contributed by atoms with E-state index in [0.717, 1.165) is 40.8 Å². The third-order valence-electron chi connectivity index (χ3n) is 5.18. The maximum absolute atomic E-state index is 13.3. The number of ether oxygens (including phenoxy) is 2. The Kier molecular flexibility index (Phi) is 6.32. The lowest BCUT2D eigenvalue weighted by molar-refractivity contribution is 0.111. The van der Waals surface area contributed by atoms with Crippen LogP contribution in [0.25, 0.3) is 10.2 Å². The Morgan fingerprint density at radius 1 is 1.23 bits per heavy atom. The minimum Gasteiger partial charge on any atom is -0.497 e. The fourth-order valence-electron chi connectivity index (χ4n) is 3.46. The van der Waals surface area contributed by atoms with Crippen LogP contribution in [0.2, 0.25) is 0 Å². The standard InChI is InChI=1S/C22H24FN3O3S/c1-28-17-5-2-15(3-6-17)8-11-24-21(27)26-12-9-18(10-13-26)29-22-25-19-7-4-16(23)14-20(19)30-22/h2-7,14,18H,8-13H2,1H3,(H,24,27). The van der Waals surface area contributed by atoms with Crippen LogP contribution in [0.4, 0.5) is 9.18 Å². The quantitative estimate of drug-likeness (QED) is 0.637. The van der Waals surface area contributed by atoms with Crippen LogP contribution in [0.5, 0.6) is 10.9 Å². The third kappa shape index (κ3) is 4.99. The zero-order valence-corrected chi connectivity index (χ0v) is 17.6. The number of amides is 2. The molecular formula is C22H24FN3O3S. The molecule has 1 aliphatic heterocycles. The Morgan fingerprint density at radius 2 is 2.00 bits per heavy atom. The summed E-state index contributed by atoms with van der Waals surface area (Å²) in [5.74, 6) is 0.551. The number of likely N-dealkylation sites (tertiary alicyclic amines) is 1. The molecule has 2 amide bonds. The van der Waals surface area contributed by atoms with Gasteiger partial charge in [0.2, 0.25) is 0 Å². The number of aromatic nitrogens is 1. The van der Waals surface area contributed by atoms with Crippen molar-refractivity contribution in [2.24, 2.45) is 0 Å². The van der Waals surface area contributed by atoms with Crippen LogP contribution in [0.15, 0.2) is 42.5 Å². The Bertz CT molecular complexity index is 1000. The normalized spacial score (nSPS) is 14.7. The number of hydrogen-bond donors (Lipinski definition) is 1. The molecule has 158 valence electrons. The first-order chi connectivity index (χ1) is 14.6. The second-order valence-corrected chi connectivity index (χ2v) is 8.22. The van der Waals surface area contributed by atoms with Gasteiger partial charge in [-0.1, -0.05) is 23.5 Å². The van der Waals surface area contributed by atoms with Gasteiger partial charge < -0.3 is 19.7 Å². The van der Waals surface area contributed by atoms with Crippen molar-refractivity contribution in [1.29, 1.82) is 0 Å². The highest BCUT2D eigenvalue weighted by Crippen LogP contribution is 2.30. The number of thiazole rings is 1. The average Bonchev–Trinajstić information content (AvgIpc) is 3.16. The molecule has 0 atom stereocenters. The molecule has 0 spiro atoms. The van der Waals surface area contributed by atoms with Crippen molar-refractivity contribution < 1.29 is 18.7 Å². The first kappa shape index (κ1) is 20.4. The van der Waals surface area contributed by atoms with E-state index in [4.69, 9.17) is 9.47 Å². The fraction of sp³-hybridized carbons (Fsp3) is 0.364. The predicted molar refractivity (Wildman–Crippen MR) is 115 cm³/mol. The van der Waals surface area contributed by atoms with Crippen LogP contribution in [0.3, 0.4) is 0 Å². The number of carbonyl (C=O) groups excluding carboxylic acids is 1. The number of nitrogens with one attached hydrogen (secondary N) is 1. The number of halogens is 1. The summed E-state index contributed by atoms with van der Waals surface area (Å²) in [4.78, 5) is 18.6. The molecular weight excluding hydrogens is 405 g/mol. The second kappa shape index (κ2) is 9.30. The Morgan fingerprint density at radius 3 is 2.73 bits per heavy atom. The predicted octanol–water partition coefficient (Wildman–Crippen LogP) is 4.24.